The monoisotopic (exact) mass is 406 g/mol. The van der Waals surface area contributed by atoms with Crippen molar-refractivity contribution in [3.05, 3.63) is 88.0 Å². The summed E-state index contributed by atoms with van der Waals surface area (Å²) in [6, 6.07) is 13.3. The lowest BCUT2D eigenvalue weighted by Gasteiger charge is -1.99. The predicted octanol–water partition coefficient (Wildman–Crippen LogP) is 4.22. The molecule has 2 heterocycles. The lowest BCUT2D eigenvalue weighted by atomic mass is 10.0. The highest BCUT2D eigenvalue weighted by molar-refractivity contribution is 9.10. The number of furan rings is 2. The van der Waals surface area contributed by atoms with Gasteiger partial charge in [0.05, 0.1) is 0 Å². The van der Waals surface area contributed by atoms with Crippen molar-refractivity contribution < 1.29 is 18.4 Å². The smallest absolute Gasteiger partial charge is 0.185 e. The minimum atomic E-state index is -0.242. The zero-order chi connectivity index (χ0) is 18.5. The van der Waals surface area contributed by atoms with E-state index in [1.807, 2.05) is 0 Å². The van der Waals surface area contributed by atoms with E-state index in [0.29, 0.717) is 27.3 Å². The maximum Gasteiger partial charge on any atom is 0.185 e. The van der Waals surface area contributed by atoms with Crippen molar-refractivity contribution in [2.75, 3.05) is 0 Å². The standard InChI is InChI=1S/C20H12BBrO4/c21-19-10-6-15(25-19)4-8-17(23)13-2-1-3-14(12-13)18(24)9-5-16-7-11-20(22)26-16/h1-12H/b8-4+,9-5+. The number of hydrogen-bond acceptors (Lipinski definition) is 4. The molecule has 0 saturated carbocycles. The Morgan fingerprint density at radius 1 is 0.846 bits per heavy atom. The molecule has 26 heavy (non-hydrogen) atoms. The van der Waals surface area contributed by atoms with Crippen LogP contribution in [0.3, 0.4) is 0 Å². The zero-order valence-corrected chi connectivity index (χ0v) is 15.1. The van der Waals surface area contributed by atoms with E-state index in [0.717, 1.165) is 0 Å². The van der Waals surface area contributed by atoms with Gasteiger partial charge < -0.3 is 8.83 Å². The third-order valence-corrected chi connectivity index (χ3v) is 3.90. The van der Waals surface area contributed by atoms with Crippen LogP contribution in [0.1, 0.15) is 32.2 Å². The van der Waals surface area contributed by atoms with E-state index in [4.69, 9.17) is 16.7 Å². The summed E-state index contributed by atoms with van der Waals surface area (Å²) in [4.78, 5) is 24.6. The molecule has 0 aliphatic rings. The van der Waals surface area contributed by atoms with Crippen LogP contribution in [0, 0.1) is 0 Å². The Balaban J connectivity index is 1.72. The fourth-order valence-corrected chi connectivity index (χ4v) is 2.53. The normalized spacial score (nSPS) is 11.4. The van der Waals surface area contributed by atoms with Gasteiger partial charge in [0.2, 0.25) is 0 Å². The molecule has 3 rings (SSSR count). The summed E-state index contributed by atoms with van der Waals surface area (Å²) in [5.74, 6) is 0.567. The van der Waals surface area contributed by atoms with Crippen LogP contribution in [0.25, 0.3) is 12.2 Å². The van der Waals surface area contributed by atoms with Crippen molar-refractivity contribution in [2.24, 2.45) is 0 Å². The fraction of sp³-hybridized carbons (Fsp3) is 0. The molecule has 0 bridgehead atoms. The van der Waals surface area contributed by atoms with Gasteiger partial charge in [-0.15, -0.1) is 0 Å². The number of hydrogen-bond donors (Lipinski definition) is 0. The van der Waals surface area contributed by atoms with Crippen molar-refractivity contribution in [1.29, 1.82) is 0 Å². The largest absolute Gasteiger partial charge is 0.473 e. The van der Waals surface area contributed by atoms with Crippen molar-refractivity contribution in [1.82, 2.24) is 0 Å². The summed E-state index contributed by atoms with van der Waals surface area (Å²) in [7, 11) is 5.48. The van der Waals surface area contributed by atoms with Gasteiger partial charge in [-0.3, -0.25) is 9.59 Å². The van der Waals surface area contributed by atoms with Crippen LogP contribution >= 0.6 is 15.9 Å². The average molecular weight is 407 g/mol. The summed E-state index contributed by atoms with van der Waals surface area (Å²) in [6.45, 7) is 0. The summed E-state index contributed by atoms with van der Waals surface area (Å²) in [6.07, 6.45) is 5.87. The van der Waals surface area contributed by atoms with E-state index >= 15 is 0 Å². The molecule has 1 aromatic carbocycles. The van der Waals surface area contributed by atoms with E-state index in [9.17, 15) is 9.59 Å². The van der Waals surface area contributed by atoms with Crippen molar-refractivity contribution >= 4 is 53.2 Å². The van der Waals surface area contributed by atoms with Crippen LogP contribution in [0.2, 0.25) is 0 Å². The van der Waals surface area contributed by atoms with Gasteiger partial charge in [-0.05, 0) is 70.6 Å². The molecular formula is C20H12BBrO4. The van der Waals surface area contributed by atoms with Crippen LogP contribution in [-0.4, -0.2) is 19.4 Å². The Morgan fingerprint density at radius 2 is 1.42 bits per heavy atom. The molecule has 0 aliphatic carbocycles. The Morgan fingerprint density at radius 3 is 1.92 bits per heavy atom. The highest BCUT2D eigenvalue weighted by Crippen LogP contribution is 2.16. The second kappa shape index (κ2) is 8.02. The molecule has 2 radical (unpaired) electrons. The Hall–Kier alpha value is -2.86. The van der Waals surface area contributed by atoms with E-state index in [2.05, 4.69) is 15.9 Å². The Bertz CT molecular complexity index is 933. The number of benzene rings is 1. The minimum Gasteiger partial charge on any atom is -0.473 e. The molecule has 3 aromatic rings. The van der Waals surface area contributed by atoms with Crippen LogP contribution in [0.15, 0.2) is 74.2 Å². The molecule has 4 nitrogen and oxygen atoms in total. The molecule has 0 N–H and O–H groups in total. The SMILES string of the molecule is [B]c1ccc(/C=C/C(=O)c2cccc(C(=O)/C=C/c3ccc(Br)o3)c2)o1. The lowest BCUT2D eigenvalue weighted by Crippen LogP contribution is -1.99. The fourth-order valence-electron chi connectivity index (χ4n) is 2.21. The van der Waals surface area contributed by atoms with Gasteiger partial charge in [0.15, 0.2) is 24.1 Å². The maximum absolute atomic E-state index is 12.3. The molecule has 0 saturated heterocycles. The predicted molar refractivity (Wildman–Crippen MR) is 104 cm³/mol. The first-order valence-corrected chi connectivity index (χ1v) is 8.46. The van der Waals surface area contributed by atoms with Gasteiger partial charge in [0.1, 0.15) is 11.5 Å². The molecule has 0 amide bonds. The second-order valence-corrected chi connectivity index (χ2v) is 6.14. The van der Waals surface area contributed by atoms with Crippen molar-refractivity contribution in [3.8, 4) is 0 Å². The van der Waals surface area contributed by atoms with Gasteiger partial charge in [-0.2, -0.15) is 0 Å². The molecule has 0 aliphatic heterocycles. The van der Waals surface area contributed by atoms with E-state index in [1.54, 1.807) is 54.6 Å². The third-order valence-electron chi connectivity index (χ3n) is 3.47. The third kappa shape index (κ3) is 4.61. The summed E-state index contributed by atoms with van der Waals surface area (Å²) in [5.41, 5.74) is 1.09. The molecule has 0 spiro atoms. The molecule has 2 aromatic heterocycles. The molecule has 0 fully saturated rings. The van der Waals surface area contributed by atoms with Crippen LogP contribution in [0.4, 0.5) is 0 Å². The van der Waals surface area contributed by atoms with Gasteiger partial charge >= 0.3 is 0 Å². The molecule has 0 atom stereocenters. The van der Waals surface area contributed by atoms with E-state index in [-0.39, 0.29) is 17.2 Å². The minimum absolute atomic E-state index is 0.227. The van der Waals surface area contributed by atoms with Crippen LogP contribution in [0.5, 0.6) is 0 Å². The second-order valence-electron chi connectivity index (χ2n) is 5.36. The van der Waals surface area contributed by atoms with Gasteiger partial charge in [-0.25, -0.2) is 0 Å². The van der Waals surface area contributed by atoms with Gasteiger partial charge in [0.25, 0.3) is 0 Å². The van der Waals surface area contributed by atoms with E-state index in [1.165, 1.54) is 18.2 Å². The Kier molecular flexibility index (Phi) is 5.53. The van der Waals surface area contributed by atoms with Gasteiger partial charge in [-0.1, -0.05) is 18.2 Å². The number of rotatable bonds is 6. The molecule has 0 unspecified atom stereocenters. The summed E-state index contributed by atoms with van der Waals surface area (Å²) >= 11 is 3.20. The first kappa shape index (κ1) is 18.0. The average Bonchev–Trinajstić information content (AvgIpc) is 3.25. The number of carbonyl (C=O) groups is 2. The van der Waals surface area contributed by atoms with Gasteiger partial charge in [0, 0.05) is 16.8 Å². The lowest BCUT2D eigenvalue weighted by molar-refractivity contribution is 0.104. The first-order valence-electron chi connectivity index (χ1n) is 7.67. The topological polar surface area (TPSA) is 60.4 Å². The van der Waals surface area contributed by atoms with E-state index < -0.39 is 0 Å². The van der Waals surface area contributed by atoms with Crippen molar-refractivity contribution in [2.45, 2.75) is 0 Å². The molecule has 126 valence electrons. The summed E-state index contributed by atoms with van der Waals surface area (Å²) in [5, 5.41) is 0. The first-order chi connectivity index (χ1) is 12.5. The van der Waals surface area contributed by atoms with Crippen LogP contribution < -0.4 is 5.66 Å². The number of ketones is 2. The number of allylic oxidation sites excluding steroid dienone is 2. The number of carbonyl (C=O) groups excluding carboxylic acids is 2. The maximum atomic E-state index is 12.3. The van der Waals surface area contributed by atoms with Crippen LogP contribution in [-0.2, 0) is 0 Å². The Labute approximate surface area is 159 Å². The molecular weight excluding hydrogens is 395 g/mol. The number of halogens is 1. The zero-order valence-electron chi connectivity index (χ0n) is 13.5. The summed E-state index contributed by atoms with van der Waals surface area (Å²) < 4.78 is 11.1. The molecule has 6 heteroatoms. The highest BCUT2D eigenvalue weighted by Gasteiger charge is 2.07. The highest BCUT2D eigenvalue weighted by atomic mass is 79.9. The van der Waals surface area contributed by atoms with Crippen molar-refractivity contribution in [3.63, 3.8) is 0 Å². The quantitative estimate of drug-likeness (QED) is 0.349.